The highest BCUT2D eigenvalue weighted by molar-refractivity contribution is 5.79. The third-order valence-corrected chi connectivity index (χ3v) is 6.88. The number of carbonyl (C=O) groups excluding carboxylic acids is 1. The van der Waals surface area contributed by atoms with Gasteiger partial charge in [0.25, 0.3) is 0 Å². The molecule has 3 heteroatoms. The van der Waals surface area contributed by atoms with E-state index in [-0.39, 0.29) is 11.5 Å². The topological polar surface area (TPSA) is 32.3 Å². The number of nitrogens with zero attached hydrogens (tertiary/aromatic N) is 1. The molecule has 23 heavy (non-hydrogen) atoms. The lowest BCUT2D eigenvalue weighted by atomic mass is 9.53. The molecule has 0 spiro atoms. The van der Waals surface area contributed by atoms with Gasteiger partial charge in [0.2, 0.25) is 5.91 Å². The van der Waals surface area contributed by atoms with Gasteiger partial charge >= 0.3 is 0 Å². The summed E-state index contributed by atoms with van der Waals surface area (Å²) in [5.41, 5.74) is 0.180. The molecule has 4 bridgehead atoms. The fraction of sp³-hybridized carbons (Fsp3) is 0.950. The molecule has 0 heterocycles. The fourth-order valence-corrected chi connectivity index (χ4v) is 5.94. The molecule has 1 N–H and O–H groups in total. The van der Waals surface area contributed by atoms with Gasteiger partial charge < -0.3 is 10.2 Å². The molecule has 1 amide bonds. The van der Waals surface area contributed by atoms with E-state index in [0.717, 1.165) is 50.2 Å². The second kappa shape index (κ2) is 7.13. The third kappa shape index (κ3) is 3.92. The summed E-state index contributed by atoms with van der Waals surface area (Å²) in [6, 6.07) is 0. The first kappa shape index (κ1) is 17.3. The Labute approximate surface area is 142 Å². The van der Waals surface area contributed by atoms with Crippen LogP contribution >= 0.6 is 0 Å². The van der Waals surface area contributed by atoms with Gasteiger partial charge in [-0.05, 0) is 88.8 Å². The van der Waals surface area contributed by atoms with Crippen molar-refractivity contribution in [3.63, 3.8) is 0 Å². The van der Waals surface area contributed by atoms with Gasteiger partial charge in [-0.3, -0.25) is 4.79 Å². The Hall–Kier alpha value is -0.570. The van der Waals surface area contributed by atoms with Crippen LogP contribution in [0.15, 0.2) is 0 Å². The standard InChI is InChI=1S/C20H36N2O/c1-4-22(5-2)8-6-7-15(3)19(23)21-20-12-16-9-17(13-20)11-18(10-16)14-20/h15-18H,4-14H2,1-3H3,(H,21,23). The van der Waals surface area contributed by atoms with E-state index in [0.29, 0.717) is 5.91 Å². The van der Waals surface area contributed by atoms with Crippen LogP contribution in [0.25, 0.3) is 0 Å². The van der Waals surface area contributed by atoms with Gasteiger partial charge in [-0.15, -0.1) is 0 Å². The molecule has 132 valence electrons. The normalized spacial score (nSPS) is 36.4. The van der Waals surface area contributed by atoms with Crippen molar-refractivity contribution in [2.24, 2.45) is 23.7 Å². The predicted octanol–water partition coefficient (Wildman–Crippen LogP) is 3.83. The van der Waals surface area contributed by atoms with Gasteiger partial charge in [-0.2, -0.15) is 0 Å². The summed E-state index contributed by atoms with van der Waals surface area (Å²) < 4.78 is 0. The number of hydrogen-bond acceptors (Lipinski definition) is 2. The number of carbonyl (C=O) groups is 1. The van der Waals surface area contributed by atoms with Crippen LogP contribution in [-0.4, -0.2) is 36.0 Å². The summed E-state index contributed by atoms with van der Waals surface area (Å²) in [5.74, 6) is 3.20. The van der Waals surface area contributed by atoms with Crippen molar-refractivity contribution in [1.82, 2.24) is 10.2 Å². The average molecular weight is 321 g/mol. The Balaban J connectivity index is 1.47. The van der Waals surface area contributed by atoms with E-state index < -0.39 is 0 Å². The lowest BCUT2D eigenvalue weighted by Crippen LogP contribution is -2.60. The Morgan fingerprint density at radius 1 is 1.09 bits per heavy atom. The van der Waals surface area contributed by atoms with Crippen LogP contribution < -0.4 is 5.32 Å². The summed E-state index contributed by atoms with van der Waals surface area (Å²) in [5, 5.41) is 3.54. The predicted molar refractivity (Wildman–Crippen MR) is 95.2 cm³/mol. The van der Waals surface area contributed by atoms with E-state index in [1.165, 1.54) is 38.5 Å². The molecule has 0 aromatic heterocycles. The highest BCUT2D eigenvalue weighted by Gasteiger charge is 2.51. The Morgan fingerprint density at radius 2 is 1.61 bits per heavy atom. The summed E-state index contributed by atoms with van der Waals surface area (Å²) in [4.78, 5) is 15.2. The summed E-state index contributed by atoms with van der Waals surface area (Å²) >= 11 is 0. The highest BCUT2D eigenvalue weighted by Crippen LogP contribution is 2.55. The number of rotatable bonds is 8. The molecule has 0 aromatic carbocycles. The van der Waals surface area contributed by atoms with Crippen LogP contribution in [0.5, 0.6) is 0 Å². The smallest absolute Gasteiger partial charge is 0.223 e. The van der Waals surface area contributed by atoms with Crippen molar-refractivity contribution in [2.45, 2.75) is 77.7 Å². The molecule has 0 radical (unpaired) electrons. The average Bonchev–Trinajstić information content (AvgIpc) is 2.49. The number of amides is 1. The first-order valence-electron chi connectivity index (χ1n) is 10.1. The molecule has 1 unspecified atom stereocenters. The van der Waals surface area contributed by atoms with Crippen LogP contribution in [-0.2, 0) is 4.79 Å². The van der Waals surface area contributed by atoms with Crippen LogP contribution in [0, 0.1) is 23.7 Å². The van der Waals surface area contributed by atoms with Crippen molar-refractivity contribution in [3.05, 3.63) is 0 Å². The number of nitrogens with one attached hydrogen (secondary N) is 1. The van der Waals surface area contributed by atoms with E-state index in [1.54, 1.807) is 0 Å². The molecule has 4 aliphatic carbocycles. The zero-order chi connectivity index (χ0) is 16.4. The first-order valence-corrected chi connectivity index (χ1v) is 10.1. The number of hydrogen-bond donors (Lipinski definition) is 1. The Kier molecular flexibility index (Phi) is 5.35. The molecular weight excluding hydrogens is 284 g/mol. The molecule has 4 aliphatic rings. The van der Waals surface area contributed by atoms with Crippen molar-refractivity contribution < 1.29 is 4.79 Å². The molecule has 4 fully saturated rings. The van der Waals surface area contributed by atoms with Gasteiger partial charge in [-0.1, -0.05) is 20.8 Å². The molecule has 3 nitrogen and oxygen atoms in total. The van der Waals surface area contributed by atoms with Crippen LogP contribution in [0.1, 0.15) is 72.1 Å². The summed E-state index contributed by atoms with van der Waals surface area (Å²) in [6.07, 6.45) is 10.3. The maximum atomic E-state index is 12.7. The largest absolute Gasteiger partial charge is 0.350 e. The second-order valence-corrected chi connectivity index (χ2v) is 8.76. The van der Waals surface area contributed by atoms with Crippen molar-refractivity contribution >= 4 is 5.91 Å². The Morgan fingerprint density at radius 3 is 2.09 bits per heavy atom. The van der Waals surface area contributed by atoms with E-state index in [9.17, 15) is 4.79 Å². The van der Waals surface area contributed by atoms with E-state index in [4.69, 9.17) is 0 Å². The monoisotopic (exact) mass is 320 g/mol. The molecular formula is C20H36N2O. The first-order chi connectivity index (χ1) is 11.0. The third-order valence-electron chi connectivity index (χ3n) is 6.88. The molecule has 1 atom stereocenters. The minimum absolute atomic E-state index is 0.165. The van der Waals surface area contributed by atoms with Crippen LogP contribution in [0.3, 0.4) is 0 Å². The van der Waals surface area contributed by atoms with Gasteiger partial charge in [0.15, 0.2) is 0 Å². The minimum Gasteiger partial charge on any atom is -0.350 e. The summed E-state index contributed by atoms with van der Waals surface area (Å²) in [6.45, 7) is 9.91. The molecule has 0 saturated heterocycles. The van der Waals surface area contributed by atoms with Crippen LogP contribution in [0.2, 0.25) is 0 Å². The van der Waals surface area contributed by atoms with Gasteiger partial charge in [0, 0.05) is 11.5 Å². The molecule has 4 rings (SSSR count). The maximum Gasteiger partial charge on any atom is 0.223 e. The molecule has 0 aliphatic heterocycles. The van der Waals surface area contributed by atoms with E-state index >= 15 is 0 Å². The second-order valence-electron chi connectivity index (χ2n) is 8.76. The lowest BCUT2D eigenvalue weighted by Gasteiger charge is -2.57. The fourth-order valence-electron chi connectivity index (χ4n) is 5.94. The van der Waals surface area contributed by atoms with E-state index in [1.807, 2.05) is 0 Å². The minimum atomic E-state index is 0.165. The van der Waals surface area contributed by atoms with Crippen molar-refractivity contribution in [3.8, 4) is 0 Å². The van der Waals surface area contributed by atoms with Gasteiger partial charge in [0.1, 0.15) is 0 Å². The van der Waals surface area contributed by atoms with Gasteiger partial charge in [-0.25, -0.2) is 0 Å². The van der Waals surface area contributed by atoms with Crippen molar-refractivity contribution in [2.75, 3.05) is 19.6 Å². The molecule has 0 aromatic rings. The quantitative estimate of drug-likeness (QED) is 0.737. The molecule has 4 saturated carbocycles. The zero-order valence-corrected chi connectivity index (χ0v) is 15.4. The SMILES string of the molecule is CCN(CC)CCCC(C)C(=O)NC12CC3CC(CC(C3)C1)C2. The van der Waals surface area contributed by atoms with Gasteiger partial charge in [0.05, 0.1) is 0 Å². The zero-order valence-electron chi connectivity index (χ0n) is 15.4. The lowest BCUT2D eigenvalue weighted by molar-refractivity contribution is -0.130. The summed E-state index contributed by atoms with van der Waals surface area (Å²) in [7, 11) is 0. The Bertz CT molecular complexity index is 381. The highest BCUT2D eigenvalue weighted by atomic mass is 16.2. The van der Waals surface area contributed by atoms with Crippen molar-refractivity contribution in [1.29, 1.82) is 0 Å². The maximum absolute atomic E-state index is 12.7. The van der Waals surface area contributed by atoms with Crippen LogP contribution in [0.4, 0.5) is 0 Å². The van der Waals surface area contributed by atoms with E-state index in [2.05, 4.69) is 31.0 Å².